The van der Waals surface area contributed by atoms with Crippen molar-refractivity contribution in [3.63, 3.8) is 0 Å². The number of aliphatic hydroxyl groups excluding tert-OH is 1. The summed E-state index contributed by atoms with van der Waals surface area (Å²) in [6.45, 7) is 5.56. The number of aliphatic hydroxyl groups is 1. The van der Waals surface area contributed by atoms with Crippen LogP contribution in [0.2, 0.25) is 0 Å². The lowest BCUT2D eigenvalue weighted by molar-refractivity contribution is -0.177. The predicted octanol–water partition coefficient (Wildman–Crippen LogP) is 1.74. The van der Waals surface area contributed by atoms with Crippen LogP contribution >= 0.6 is 0 Å². The molecule has 20 heavy (non-hydrogen) atoms. The molecule has 3 heterocycles. The van der Waals surface area contributed by atoms with Gasteiger partial charge in [-0.1, -0.05) is 12.1 Å². The van der Waals surface area contributed by atoms with Crippen LogP contribution < -0.4 is 0 Å². The first-order chi connectivity index (χ1) is 9.72. The Morgan fingerprint density at radius 2 is 2.25 bits per heavy atom. The standard InChI is InChI=1S/C15H24N2O3/c1-2-12-10-13(20-16-12)11-17-7-5-15(6-8-17)14(18)4-3-9-19-15/h10,14,18H,2-9,11H2,1H3. The van der Waals surface area contributed by atoms with Crippen molar-refractivity contribution in [2.75, 3.05) is 19.7 Å². The van der Waals surface area contributed by atoms with Gasteiger partial charge in [0.25, 0.3) is 0 Å². The molecule has 112 valence electrons. The molecule has 0 aromatic carbocycles. The van der Waals surface area contributed by atoms with Crippen molar-refractivity contribution >= 4 is 0 Å². The Balaban J connectivity index is 1.55. The van der Waals surface area contributed by atoms with Gasteiger partial charge in [-0.2, -0.15) is 0 Å². The van der Waals surface area contributed by atoms with E-state index >= 15 is 0 Å². The molecule has 2 aliphatic heterocycles. The summed E-state index contributed by atoms with van der Waals surface area (Å²) in [6, 6.07) is 2.04. The number of aryl methyl sites for hydroxylation is 1. The van der Waals surface area contributed by atoms with Crippen LogP contribution in [-0.4, -0.2) is 46.6 Å². The van der Waals surface area contributed by atoms with E-state index in [1.165, 1.54) is 0 Å². The Morgan fingerprint density at radius 3 is 2.90 bits per heavy atom. The van der Waals surface area contributed by atoms with E-state index in [1.54, 1.807) is 0 Å². The quantitative estimate of drug-likeness (QED) is 0.914. The molecule has 0 bridgehead atoms. The van der Waals surface area contributed by atoms with Crippen LogP contribution in [-0.2, 0) is 17.7 Å². The molecule has 1 atom stereocenters. The van der Waals surface area contributed by atoms with E-state index in [0.29, 0.717) is 0 Å². The molecule has 1 aromatic heterocycles. The fourth-order valence-corrected chi connectivity index (χ4v) is 3.30. The lowest BCUT2D eigenvalue weighted by Gasteiger charge is -2.46. The fourth-order valence-electron chi connectivity index (χ4n) is 3.30. The van der Waals surface area contributed by atoms with Crippen LogP contribution in [0.1, 0.15) is 44.1 Å². The van der Waals surface area contributed by atoms with Gasteiger partial charge in [-0.3, -0.25) is 4.90 Å². The third-order valence-corrected chi connectivity index (χ3v) is 4.67. The van der Waals surface area contributed by atoms with E-state index in [4.69, 9.17) is 9.26 Å². The van der Waals surface area contributed by atoms with E-state index in [-0.39, 0.29) is 11.7 Å². The normalized spacial score (nSPS) is 27.0. The maximum Gasteiger partial charge on any atom is 0.150 e. The Kier molecular flexibility index (Phi) is 4.10. The molecule has 1 spiro atoms. The second-order valence-corrected chi connectivity index (χ2v) is 5.99. The third-order valence-electron chi connectivity index (χ3n) is 4.67. The van der Waals surface area contributed by atoms with Crippen LogP contribution in [0, 0.1) is 0 Å². The van der Waals surface area contributed by atoms with Crippen LogP contribution in [0.5, 0.6) is 0 Å². The Labute approximate surface area is 119 Å². The molecular weight excluding hydrogens is 256 g/mol. The highest BCUT2D eigenvalue weighted by atomic mass is 16.5. The topological polar surface area (TPSA) is 58.7 Å². The summed E-state index contributed by atoms with van der Waals surface area (Å²) in [6.07, 6.45) is 4.28. The molecule has 2 aliphatic rings. The van der Waals surface area contributed by atoms with Gasteiger partial charge in [0, 0.05) is 25.8 Å². The molecule has 1 unspecified atom stereocenters. The second-order valence-electron chi connectivity index (χ2n) is 5.99. The Morgan fingerprint density at radius 1 is 1.45 bits per heavy atom. The molecule has 2 saturated heterocycles. The molecule has 0 saturated carbocycles. The zero-order valence-corrected chi connectivity index (χ0v) is 12.2. The maximum absolute atomic E-state index is 10.2. The number of rotatable bonds is 3. The highest BCUT2D eigenvalue weighted by Crippen LogP contribution is 2.35. The van der Waals surface area contributed by atoms with Gasteiger partial charge in [0.1, 0.15) is 0 Å². The molecule has 0 amide bonds. The molecule has 1 N–H and O–H groups in total. The van der Waals surface area contributed by atoms with Crippen LogP contribution in [0.3, 0.4) is 0 Å². The Bertz CT molecular complexity index is 438. The van der Waals surface area contributed by atoms with Gasteiger partial charge >= 0.3 is 0 Å². The first kappa shape index (κ1) is 14.0. The summed E-state index contributed by atoms with van der Waals surface area (Å²) < 4.78 is 11.3. The molecule has 1 aromatic rings. The first-order valence-corrected chi connectivity index (χ1v) is 7.71. The highest BCUT2D eigenvalue weighted by Gasteiger charge is 2.43. The minimum atomic E-state index is -0.296. The van der Waals surface area contributed by atoms with E-state index in [9.17, 15) is 5.11 Å². The van der Waals surface area contributed by atoms with Crippen molar-refractivity contribution in [3.8, 4) is 0 Å². The van der Waals surface area contributed by atoms with Gasteiger partial charge < -0.3 is 14.4 Å². The fraction of sp³-hybridized carbons (Fsp3) is 0.800. The molecule has 5 nitrogen and oxygen atoms in total. The Hall–Kier alpha value is -0.910. The third kappa shape index (κ3) is 2.75. The van der Waals surface area contributed by atoms with Gasteiger partial charge in [0.2, 0.25) is 0 Å². The minimum Gasteiger partial charge on any atom is -0.390 e. The van der Waals surface area contributed by atoms with E-state index in [2.05, 4.69) is 17.0 Å². The van der Waals surface area contributed by atoms with Gasteiger partial charge in [-0.15, -0.1) is 0 Å². The molecule has 0 radical (unpaired) electrons. The monoisotopic (exact) mass is 280 g/mol. The van der Waals surface area contributed by atoms with Gasteiger partial charge in [0.15, 0.2) is 5.76 Å². The lowest BCUT2D eigenvalue weighted by Crippen LogP contribution is -2.55. The summed E-state index contributed by atoms with van der Waals surface area (Å²) in [5, 5.41) is 14.3. The number of piperidine rings is 1. The van der Waals surface area contributed by atoms with Crippen LogP contribution in [0.15, 0.2) is 10.6 Å². The SMILES string of the molecule is CCc1cc(CN2CCC3(CC2)OCCCC3O)on1. The summed E-state index contributed by atoms with van der Waals surface area (Å²) in [4.78, 5) is 2.36. The smallest absolute Gasteiger partial charge is 0.150 e. The number of likely N-dealkylation sites (tertiary alicyclic amines) is 1. The van der Waals surface area contributed by atoms with Gasteiger partial charge in [0.05, 0.1) is 23.9 Å². The van der Waals surface area contributed by atoms with E-state index in [0.717, 1.165) is 69.8 Å². The molecule has 2 fully saturated rings. The largest absolute Gasteiger partial charge is 0.390 e. The summed E-state index contributed by atoms with van der Waals surface area (Å²) in [5.41, 5.74) is 0.726. The van der Waals surface area contributed by atoms with Crippen molar-refractivity contribution in [1.29, 1.82) is 0 Å². The number of aromatic nitrogens is 1. The average Bonchev–Trinajstić information content (AvgIpc) is 2.92. The average molecular weight is 280 g/mol. The lowest BCUT2D eigenvalue weighted by atomic mass is 9.82. The number of ether oxygens (including phenoxy) is 1. The van der Waals surface area contributed by atoms with E-state index in [1.807, 2.05) is 6.07 Å². The predicted molar refractivity (Wildman–Crippen MR) is 74.3 cm³/mol. The number of nitrogens with zero attached hydrogens (tertiary/aromatic N) is 2. The molecule has 3 rings (SSSR count). The number of hydrogen-bond acceptors (Lipinski definition) is 5. The zero-order valence-electron chi connectivity index (χ0n) is 12.2. The van der Waals surface area contributed by atoms with Gasteiger partial charge in [-0.25, -0.2) is 0 Å². The second kappa shape index (κ2) is 5.84. The summed E-state index contributed by atoms with van der Waals surface area (Å²) in [5.74, 6) is 0.933. The first-order valence-electron chi connectivity index (χ1n) is 7.71. The molecular formula is C15H24N2O3. The van der Waals surface area contributed by atoms with Crippen molar-refractivity contribution < 1.29 is 14.4 Å². The maximum atomic E-state index is 10.2. The zero-order chi connectivity index (χ0) is 14.0. The van der Waals surface area contributed by atoms with Crippen molar-refractivity contribution in [2.24, 2.45) is 0 Å². The van der Waals surface area contributed by atoms with Crippen molar-refractivity contribution in [1.82, 2.24) is 10.1 Å². The minimum absolute atomic E-state index is 0.287. The van der Waals surface area contributed by atoms with Crippen molar-refractivity contribution in [3.05, 3.63) is 17.5 Å². The molecule has 5 heteroatoms. The van der Waals surface area contributed by atoms with Gasteiger partial charge in [-0.05, 0) is 32.1 Å². The van der Waals surface area contributed by atoms with Crippen LogP contribution in [0.4, 0.5) is 0 Å². The van der Waals surface area contributed by atoms with Crippen LogP contribution in [0.25, 0.3) is 0 Å². The van der Waals surface area contributed by atoms with E-state index < -0.39 is 0 Å². The summed E-state index contributed by atoms with van der Waals surface area (Å²) in [7, 11) is 0. The highest BCUT2D eigenvalue weighted by molar-refractivity contribution is 5.05. The summed E-state index contributed by atoms with van der Waals surface area (Å²) >= 11 is 0. The molecule has 0 aliphatic carbocycles. The number of hydrogen-bond donors (Lipinski definition) is 1. The van der Waals surface area contributed by atoms with Crippen molar-refractivity contribution in [2.45, 2.75) is 57.3 Å².